The highest BCUT2D eigenvalue weighted by Crippen LogP contribution is 2.23. The minimum absolute atomic E-state index is 0.178. The highest BCUT2D eigenvalue weighted by molar-refractivity contribution is 9.11. The Hall–Kier alpha value is -1.47. The molecule has 20 heavy (non-hydrogen) atoms. The maximum absolute atomic E-state index is 12.2. The first-order chi connectivity index (χ1) is 9.62. The van der Waals surface area contributed by atoms with Gasteiger partial charge in [0.25, 0.3) is 5.91 Å². The smallest absolute Gasteiger partial charge is 0.257 e. The first kappa shape index (κ1) is 14.9. The lowest BCUT2D eigenvalue weighted by molar-refractivity contribution is 0.102. The molecule has 0 atom stereocenters. The molecule has 1 amide bonds. The molecule has 2 heterocycles. The van der Waals surface area contributed by atoms with Crippen LogP contribution in [0.15, 0.2) is 22.1 Å². The number of pyridine rings is 1. The Labute approximate surface area is 130 Å². The van der Waals surface area contributed by atoms with Gasteiger partial charge in [0.1, 0.15) is 5.82 Å². The molecule has 2 aromatic rings. The molecule has 0 aliphatic carbocycles. The minimum Gasteiger partial charge on any atom is -0.370 e. The summed E-state index contributed by atoms with van der Waals surface area (Å²) in [6.45, 7) is 4.77. The van der Waals surface area contributed by atoms with Crippen molar-refractivity contribution in [3.8, 4) is 0 Å². The summed E-state index contributed by atoms with van der Waals surface area (Å²) in [7, 11) is 0. The molecular formula is C13H15BrN4OS. The lowest BCUT2D eigenvalue weighted by atomic mass is 10.2. The fraction of sp³-hybridized carbons (Fsp3) is 0.308. The topological polar surface area (TPSA) is 66.9 Å². The summed E-state index contributed by atoms with van der Waals surface area (Å²) in [5.41, 5.74) is 1.47. The van der Waals surface area contributed by atoms with E-state index in [0.717, 1.165) is 28.3 Å². The van der Waals surface area contributed by atoms with Gasteiger partial charge in [-0.15, -0.1) is 0 Å². The monoisotopic (exact) mass is 354 g/mol. The molecule has 5 nitrogen and oxygen atoms in total. The number of hydrogen-bond acceptors (Lipinski definition) is 5. The van der Waals surface area contributed by atoms with Crippen LogP contribution in [0.1, 0.15) is 29.9 Å². The van der Waals surface area contributed by atoms with E-state index in [1.807, 2.05) is 13.8 Å². The molecular weight excluding hydrogens is 340 g/mol. The zero-order chi connectivity index (χ0) is 14.5. The Bertz CT molecular complexity index is 614. The van der Waals surface area contributed by atoms with Crippen LogP contribution in [0.5, 0.6) is 0 Å². The van der Waals surface area contributed by atoms with E-state index < -0.39 is 0 Å². The van der Waals surface area contributed by atoms with Gasteiger partial charge in [-0.2, -0.15) is 0 Å². The first-order valence-electron chi connectivity index (χ1n) is 6.30. The van der Waals surface area contributed by atoms with Crippen LogP contribution in [0, 0.1) is 0 Å². The molecule has 0 aliphatic rings. The molecule has 106 valence electrons. The number of amides is 1. The quantitative estimate of drug-likeness (QED) is 0.861. The van der Waals surface area contributed by atoms with Gasteiger partial charge in [0.05, 0.1) is 9.98 Å². The molecule has 2 N–H and O–H groups in total. The molecule has 0 saturated carbocycles. The molecule has 7 heteroatoms. The lowest BCUT2D eigenvalue weighted by Gasteiger charge is -2.08. The number of rotatable bonds is 5. The van der Waals surface area contributed by atoms with Crippen molar-refractivity contribution >= 4 is 44.1 Å². The van der Waals surface area contributed by atoms with E-state index in [4.69, 9.17) is 0 Å². The molecule has 0 aliphatic heterocycles. The van der Waals surface area contributed by atoms with Gasteiger partial charge < -0.3 is 5.32 Å². The fourth-order valence-corrected chi connectivity index (χ4v) is 2.75. The average molecular weight is 355 g/mol. The Kier molecular flexibility index (Phi) is 5.08. The molecule has 0 fully saturated rings. The van der Waals surface area contributed by atoms with Gasteiger partial charge in [-0.3, -0.25) is 10.1 Å². The van der Waals surface area contributed by atoms with Crippen LogP contribution in [0.2, 0.25) is 0 Å². The number of anilines is 2. The number of halogens is 1. The van der Waals surface area contributed by atoms with E-state index in [2.05, 4.69) is 36.5 Å². The van der Waals surface area contributed by atoms with Crippen molar-refractivity contribution < 1.29 is 4.79 Å². The van der Waals surface area contributed by atoms with Crippen molar-refractivity contribution in [3.63, 3.8) is 0 Å². The second-order valence-electron chi connectivity index (χ2n) is 4.04. The van der Waals surface area contributed by atoms with Crippen LogP contribution in [0.3, 0.4) is 0 Å². The van der Waals surface area contributed by atoms with E-state index >= 15 is 0 Å². The Morgan fingerprint density at radius 1 is 1.40 bits per heavy atom. The third kappa shape index (κ3) is 3.77. The first-order valence-corrected chi connectivity index (χ1v) is 7.90. The van der Waals surface area contributed by atoms with Crippen molar-refractivity contribution in [3.05, 3.63) is 33.4 Å². The molecule has 2 rings (SSSR count). The van der Waals surface area contributed by atoms with Gasteiger partial charge in [-0.1, -0.05) is 18.3 Å². The summed E-state index contributed by atoms with van der Waals surface area (Å²) in [4.78, 5) is 20.7. The number of aryl methyl sites for hydroxylation is 1. The second kappa shape index (κ2) is 6.81. The normalized spacial score (nSPS) is 10.3. The van der Waals surface area contributed by atoms with Crippen molar-refractivity contribution in [2.24, 2.45) is 0 Å². The summed E-state index contributed by atoms with van der Waals surface area (Å²) < 4.78 is 0.880. The predicted molar refractivity (Wildman–Crippen MR) is 85.5 cm³/mol. The number of carbonyl (C=O) groups excluding carboxylic acids is 1. The van der Waals surface area contributed by atoms with Gasteiger partial charge in [0, 0.05) is 17.8 Å². The van der Waals surface area contributed by atoms with Crippen molar-refractivity contribution in [1.82, 2.24) is 9.97 Å². The molecule has 0 aromatic carbocycles. The van der Waals surface area contributed by atoms with Crippen LogP contribution < -0.4 is 10.6 Å². The van der Waals surface area contributed by atoms with E-state index in [0.29, 0.717) is 10.7 Å². The van der Waals surface area contributed by atoms with E-state index in [1.165, 1.54) is 11.3 Å². The predicted octanol–water partition coefficient (Wildman–Crippen LogP) is 3.55. The minimum atomic E-state index is -0.178. The molecule has 0 spiro atoms. The molecule has 0 unspecified atom stereocenters. The highest BCUT2D eigenvalue weighted by Gasteiger charge is 2.11. The fourth-order valence-electron chi connectivity index (χ4n) is 1.65. The Morgan fingerprint density at radius 2 is 2.20 bits per heavy atom. The van der Waals surface area contributed by atoms with Gasteiger partial charge in [0.15, 0.2) is 5.13 Å². The zero-order valence-electron chi connectivity index (χ0n) is 11.2. The summed E-state index contributed by atoms with van der Waals surface area (Å²) >= 11 is 4.70. The standard InChI is InChI=1S/C13H15BrN4OS/c1-3-9-5-8(6-11(17-9)15-4-2)12(19)18-13-16-7-10(14)20-13/h5-7H,3-4H2,1-2H3,(H,15,17)(H,16,18,19). The number of hydrogen-bond donors (Lipinski definition) is 2. The number of thiazole rings is 1. The number of nitrogens with one attached hydrogen (secondary N) is 2. The maximum Gasteiger partial charge on any atom is 0.257 e. The third-order valence-electron chi connectivity index (χ3n) is 2.56. The number of carbonyl (C=O) groups is 1. The summed E-state index contributed by atoms with van der Waals surface area (Å²) in [6.07, 6.45) is 2.44. The lowest BCUT2D eigenvalue weighted by Crippen LogP contribution is -2.13. The summed E-state index contributed by atoms with van der Waals surface area (Å²) in [5.74, 6) is 0.542. The van der Waals surface area contributed by atoms with Crippen LogP contribution >= 0.6 is 27.3 Å². The summed E-state index contributed by atoms with van der Waals surface area (Å²) in [6, 6.07) is 3.56. The van der Waals surface area contributed by atoms with Crippen molar-refractivity contribution in [1.29, 1.82) is 0 Å². The van der Waals surface area contributed by atoms with Gasteiger partial charge >= 0.3 is 0 Å². The summed E-state index contributed by atoms with van der Waals surface area (Å²) in [5, 5.41) is 6.49. The van der Waals surface area contributed by atoms with Crippen molar-refractivity contribution in [2.45, 2.75) is 20.3 Å². The Morgan fingerprint density at radius 3 is 2.80 bits per heavy atom. The Balaban J connectivity index is 2.21. The van der Waals surface area contributed by atoms with Crippen LogP contribution in [-0.4, -0.2) is 22.4 Å². The van der Waals surface area contributed by atoms with Crippen LogP contribution in [0.25, 0.3) is 0 Å². The van der Waals surface area contributed by atoms with Crippen LogP contribution in [0.4, 0.5) is 10.9 Å². The van der Waals surface area contributed by atoms with E-state index in [-0.39, 0.29) is 5.91 Å². The van der Waals surface area contributed by atoms with Gasteiger partial charge in [0.2, 0.25) is 0 Å². The SMILES string of the molecule is CCNc1cc(C(=O)Nc2ncc(Br)s2)cc(CC)n1. The molecule has 0 radical (unpaired) electrons. The van der Waals surface area contributed by atoms with Gasteiger partial charge in [-0.25, -0.2) is 9.97 Å². The zero-order valence-corrected chi connectivity index (χ0v) is 13.6. The van der Waals surface area contributed by atoms with E-state index in [9.17, 15) is 4.79 Å². The molecule has 0 saturated heterocycles. The van der Waals surface area contributed by atoms with Gasteiger partial charge in [-0.05, 0) is 41.4 Å². The third-order valence-corrected chi connectivity index (χ3v) is 3.95. The molecule has 0 bridgehead atoms. The van der Waals surface area contributed by atoms with E-state index in [1.54, 1.807) is 18.3 Å². The average Bonchev–Trinajstić information content (AvgIpc) is 2.84. The number of nitrogens with zero attached hydrogens (tertiary/aromatic N) is 2. The highest BCUT2D eigenvalue weighted by atomic mass is 79.9. The second-order valence-corrected chi connectivity index (χ2v) is 6.45. The van der Waals surface area contributed by atoms with Crippen molar-refractivity contribution in [2.75, 3.05) is 17.2 Å². The van der Waals surface area contributed by atoms with Crippen LogP contribution in [-0.2, 0) is 6.42 Å². The number of aromatic nitrogens is 2. The molecule has 2 aromatic heterocycles. The maximum atomic E-state index is 12.2. The largest absolute Gasteiger partial charge is 0.370 e.